The van der Waals surface area contributed by atoms with Crippen molar-refractivity contribution in [2.45, 2.75) is 39.5 Å². The number of hydrogen-bond acceptors (Lipinski definition) is 5. The minimum absolute atomic E-state index is 0.303. The summed E-state index contributed by atoms with van der Waals surface area (Å²) < 4.78 is 4.96. The van der Waals surface area contributed by atoms with Crippen molar-refractivity contribution in [1.29, 1.82) is 0 Å². The molecule has 1 amide bonds. The number of esters is 1. The average Bonchev–Trinajstić information content (AvgIpc) is 3.12. The zero-order chi connectivity index (χ0) is 21.1. The summed E-state index contributed by atoms with van der Waals surface area (Å²) in [6.45, 7) is 4.02. The predicted molar refractivity (Wildman–Crippen MR) is 112 cm³/mol. The number of carbonyl (C=O) groups excluding carboxylic acids is 2. The van der Waals surface area contributed by atoms with Gasteiger partial charge in [-0.15, -0.1) is 11.3 Å². The van der Waals surface area contributed by atoms with E-state index in [1.165, 1.54) is 18.4 Å². The lowest BCUT2D eigenvalue weighted by Gasteiger charge is -2.27. The van der Waals surface area contributed by atoms with Crippen LogP contribution in [0.3, 0.4) is 0 Å². The number of nitrogens with one attached hydrogen (secondary N) is 1. The Balaban J connectivity index is 1.94. The maximum atomic E-state index is 12.9. The number of methoxy groups -OCH3 is 1. The molecular formula is C22H25NO5S. The quantitative estimate of drug-likeness (QED) is 0.694. The fourth-order valence-corrected chi connectivity index (χ4v) is 4.78. The monoisotopic (exact) mass is 415 g/mol. The molecule has 1 aromatic carbocycles. The third kappa shape index (κ3) is 4.34. The molecule has 3 rings (SSSR count). The van der Waals surface area contributed by atoms with Gasteiger partial charge in [-0.25, -0.2) is 4.79 Å². The Kier molecular flexibility index (Phi) is 6.37. The molecule has 6 nitrogen and oxygen atoms in total. The van der Waals surface area contributed by atoms with Crippen molar-refractivity contribution in [3.8, 4) is 11.1 Å². The molecule has 1 fully saturated rings. The van der Waals surface area contributed by atoms with Crippen LogP contribution >= 0.6 is 11.3 Å². The SMILES string of the molecule is COC(=O)c1c(-c2ccc(C)c(C)c2)csc1NC(=O)[C@H]1CCCC[C@@H]1C(=O)O. The number of rotatable bonds is 5. The molecule has 1 aliphatic rings. The highest BCUT2D eigenvalue weighted by molar-refractivity contribution is 7.15. The predicted octanol–water partition coefficient (Wildman–Crippen LogP) is 4.65. The van der Waals surface area contributed by atoms with Crippen molar-refractivity contribution < 1.29 is 24.2 Å². The Labute approximate surface area is 173 Å². The number of anilines is 1. The average molecular weight is 416 g/mol. The zero-order valence-electron chi connectivity index (χ0n) is 16.8. The fourth-order valence-electron chi connectivity index (χ4n) is 3.82. The van der Waals surface area contributed by atoms with Crippen LogP contribution in [0.2, 0.25) is 0 Å². The van der Waals surface area contributed by atoms with Crippen molar-refractivity contribution in [3.63, 3.8) is 0 Å². The third-order valence-corrected chi connectivity index (χ3v) is 6.55. The highest BCUT2D eigenvalue weighted by Crippen LogP contribution is 2.38. The lowest BCUT2D eigenvalue weighted by molar-refractivity contribution is -0.147. The Morgan fingerprint density at radius 1 is 1.10 bits per heavy atom. The van der Waals surface area contributed by atoms with Crippen LogP contribution in [0.5, 0.6) is 0 Å². The Morgan fingerprint density at radius 2 is 1.79 bits per heavy atom. The van der Waals surface area contributed by atoms with E-state index in [1.54, 1.807) is 0 Å². The van der Waals surface area contributed by atoms with Gasteiger partial charge < -0.3 is 15.2 Å². The van der Waals surface area contributed by atoms with Gasteiger partial charge in [0.25, 0.3) is 0 Å². The van der Waals surface area contributed by atoms with Crippen LogP contribution in [0.15, 0.2) is 23.6 Å². The van der Waals surface area contributed by atoms with Gasteiger partial charge in [0.05, 0.1) is 18.9 Å². The van der Waals surface area contributed by atoms with Gasteiger partial charge in [0.15, 0.2) is 0 Å². The lowest BCUT2D eigenvalue weighted by atomic mass is 9.79. The van der Waals surface area contributed by atoms with Crippen molar-refractivity contribution in [1.82, 2.24) is 0 Å². The molecule has 29 heavy (non-hydrogen) atoms. The molecule has 0 saturated heterocycles. The number of ether oxygens (including phenoxy) is 1. The molecule has 1 aliphatic carbocycles. The van der Waals surface area contributed by atoms with Gasteiger partial charge >= 0.3 is 11.9 Å². The number of benzene rings is 1. The summed E-state index contributed by atoms with van der Waals surface area (Å²) in [5.74, 6) is -3.12. The number of hydrogen-bond donors (Lipinski definition) is 2. The van der Waals surface area contributed by atoms with E-state index in [9.17, 15) is 19.5 Å². The summed E-state index contributed by atoms with van der Waals surface area (Å²) in [6, 6.07) is 5.92. The second-order valence-electron chi connectivity index (χ2n) is 7.47. The first-order valence-corrected chi connectivity index (χ1v) is 10.5. The summed E-state index contributed by atoms with van der Waals surface area (Å²) in [5.41, 5.74) is 4.11. The Hall–Kier alpha value is -2.67. The highest BCUT2D eigenvalue weighted by Gasteiger charge is 2.36. The third-order valence-electron chi connectivity index (χ3n) is 5.66. The molecule has 1 heterocycles. The molecule has 0 unspecified atom stereocenters. The van der Waals surface area contributed by atoms with E-state index in [0.29, 0.717) is 29.0 Å². The summed E-state index contributed by atoms with van der Waals surface area (Å²) in [7, 11) is 1.30. The van der Waals surface area contributed by atoms with Crippen molar-refractivity contribution in [3.05, 3.63) is 40.3 Å². The molecule has 0 bridgehead atoms. The number of thiophene rings is 1. The van der Waals surface area contributed by atoms with Gasteiger partial charge in [0, 0.05) is 10.9 Å². The van der Waals surface area contributed by atoms with E-state index in [-0.39, 0.29) is 5.91 Å². The van der Waals surface area contributed by atoms with Gasteiger partial charge in [-0.3, -0.25) is 9.59 Å². The van der Waals surface area contributed by atoms with E-state index in [0.717, 1.165) is 29.5 Å². The first kappa shape index (κ1) is 21.0. The number of carbonyl (C=O) groups is 3. The molecule has 0 radical (unpaired) electrons. The largest absolute Gasteiger partial charge is 0.481 e. The van der Waals surface area contributed by atoms with E-state index >= 15 is 0 Å². The van der Waals surface area contributed by atoms with Crippen LogP contribution in [-0.4, -0.2) is 30.1 Å². The molecule has 1 saturated carbocycles. The highest BCUT2D eigenvalue weighted by atomic mass is 32.1. The van der Waals surface area contributed by atoms with Crippen molar-refractivity contribution in [2.24, 2.45) is 11.8 Å². The first-order valence-electron chi connectivity index (χ1n) is 9.64. The second kappa shape index (κ2) is 8.78. The Morgan fingerprint density at radius 3 is 2.41 bits per heavy atom. The molecule has 2 atom stereocenters. The van der Waals surface area contributed by atoms with Crippen LogP contribution in [-0.2, 0) is 14.3 Å². The number of carboxylic acids is 1. The molecule has 154 valence electrons. The van der Waals surface area contributed by atoms with E-state index in [1.807, 2.05) is 37.4 Å². The van der Waals surface area contributed by atoms with E-state index in [4.69, 9.17) is 4.74 Å². The van der Waals surface area contributed by atoms with E-state index in [2.05, 4.69) is 5.32 Å². The minimum Gasteiger partial charge on any atom is -0.481 e. The summed E-state index contributed by atoms with van der Waals surface area (Å²) >= 11 is 1.25. The van der Waals surface area contributed by atoms with Gasteiger partial charge in [0.2, 0.25) is 5.91 Å². The number of aryl methyl sites for hydroxylation is 2. The summed E-state index contributed by atoms with van der Waals surface area (Å²) in [6.07, 6.45) is 2.66. The van der Waals surface area contributed by atoms with E-state index < -0.39 is 23.8 Å². The smallest absolute Gasteiger partial charge is 0.341 e. The number of amides is 1. The second-order valence-corrected chi connectivity index (χ2v) is 8.35. The normalized spacial score (nSPS) is 18.9. The van der Waals surface area contributed by atoms with Gasteiger partial charge in [0.1, 0.15) is 10.6 Å². The topological polar surface area (TPSA) is 92.7 Å². The van der Waals surface area contributed by atoms with Gasteiger partial charge in [-0.05, 0) is 43.4 Å². The lowest BCUT2D eigenvalue weighted by Crippen LogP contribution is -2.36. The maximum Gasteiger partial charge on any atom is 0.341 e. The van der Waals surface area contributed by atoms with Crippen molar-refractivity contribution >= 4 is 34.2 Å². The molecule has 0 spiro atoms. The maximum absolute atomic E-state index is 12.9. The fraction of sp³-hybridized carbons (Fsp3) is 0.409. The number of aliphatic carboxylic acids is 1. The van der Waals surface area contributed by atoms with Crippen molar-refractivity contribution in [2.75, 3.05) is 12.4 Å². The van der Waals surface area contributed by atoms with Crippen LogP contribution < -0.4 is 5.32 Å². The molecule has 0 aliphatic heterocycles. The molecule has 2 N–H and O–H groups in total. The Bertz CT molecular complexity index is 949. The number of carboxylic acid groups (broad SMARTS) is 1. The summed E-state index contributed by atoms with van der Waals surface area (Å²) in [4.78, 5) is 36.9. The van der Waals surface area contributed by atoms with Gasteiger partial charge in [-0.1, -0.05) is 31.0 Å². The molecule has 7 heteroatoms. The molecule has 2 aromatic rings. The van der Waals surface area contributed by atoms with Crippen LogP contribution in [0.25, 0.3) is 11.1 Å². The minimum atomic E-state index is -0.944. The molecular weight excluding hydrogens is 390 g/mol. The zero-order valence-corrected chi connectivity index (χ0v) is 17.6. The molecule has 1 aromatic heterocycles. The standard InChI is InChI=1S/C22H25NO5S/c1-12-8-9-14(10-13(12)2)17-11-29-20(18(17)22(27)28-3)23-19(24)15-6-4-5-7-16(15)21(25)26/h8-11,15-16H,4-7H2,1-3H3,(H,23,24)(H,25,26)/t15-,16-/m0/s1. The van der Waals surface area contributed by atoms with Gasteiger partial charge in [-0.2, -0.15) is 0 Å². The van der Waals surface area contributed by atoms with Crippen LogP contribution in [0, 0.1) is 25.7 Å². The first-order chi connectivity index (χ1) is 13.8. The summed E-state index contributed by atoms with van der Waals surface area (Å²) in [5, 5.41) is 14.5. The van der Waals surface area contributed by atoms with Crippen LogP contribution in [0.4, 0.5) is 5.00 Å². The van der Waals surface area contributed by atoms with Crippen LogP contribution in [0.1, 0.15) is 47.2 Å².